The largest absolute Gasteiger partial charge is 0.381 e. The van der Waals surface area contributed by atoms with Gasteiger partial charge in [0.2, 0.25) is 0 Å². The molecule has 0 aliphatic heterocycles. The number of aryl methyl sites for hydroxylation is 1. The molecule has 2 aromatic rings. The molecule has 0 aliphatic carbocycles. The number of nitrogen functional groups attached to an aromatic ring is 1. The normalized spacial score (nSPS) is 10.6. The number of hydrogen-bond donors (Lipinski definition) is 1. The van der Waals surface area contributed by atoms with E-state index in [1.54, 1.807) is 0 Å². The summed E-state index contributed by atoms with van der Waals surface area (Å²) in [4.78, 5) is 0. The van der Waals surface area contributed by atoms with Gasteiger partial charge in [0.1, 0.15) is 0 Å². The number of anilines is 1. The molecule has 0 saturated heterocycles. The Morgan fingerprint density at radius 2 is 2.07 bits per heavy atom. The number of hydrogen-bond acceptors (Lipinski definition) is 3. The van der Waals surface area contributed by atoms with Crippen LogP contribution in [0.2, 0.25) is 5.02 Å². The summed E-state index contributed by atoms with van der Waals surface area (Å²) in [6.07, 6.45) is 0. The van der Waals surface area contributed by atoms with E-state index in [-0.39, 0.29) is 0 Å². The summed E-state index contributed by atoms with van der Waals surface area (Å²) < 4.78 is 5.16. The van der Waals surface area contributed by atoms with Crippen LogP contribution in [0.25, 0.3) is 11.3 Å². The molecule has 0 aliphatic rings. The second-order valence-electron chi connectivity index (χ2n) is 3.49. The third kappa shape index (κ3) is 1.70. The molecule has 1 aromatic carbocycles. The first-order valence-electron chi connectivity index (χ1n) is 4.58. The molecule has 3 nitrogen and oxygen atoms in total. The maximum atomic E-state index is 5.94. The Morgan fingerprint density at radius 3 is 2.60 bits per heavy atom. The molecule has 0 unspecified atom stereocenters. The summed E-state index contributed by atoms with van der Waals surface area (Å²) >= 11 is 5.94. The minimum Gasteiger partial charge on any atom is -0.381 e. The van der Waals surface area contributed by atoms with E-state index in [0.717, 1.165) is 21.7 Å². The quantitative estimate of drug-likeness (QED) is 0.806. The molecular formula is C11H11ClN2O. The average Bonchev–Trinajstić information content (AvgIpc) is 2.53. The van der Waals surface area contributed by atoms with Crippen molar-refractivity contribution in [3.63, 3.8) is 0 Å². The standard InChI is InChI=1S/C11H11ClN2O/c1-6-5-8(3-4-9(6)12)10-7(2)11(13)14-15-10/h3-5H,1-2H3,(H2,13,14). The van der Waals surface area contributed by atoms with Crippen molar-refractivity contribution in [3.8, 4) is 11.3 Å². The van der Waals surface area contributed by atoms with Gasteiger partial charge in [0.05, 0.1) is 0 Å². The lowest BCUT2D eigenvalue weighted by Gasteiger charge is -2.01. The molecule has 78 valence electrons. The fourth-order valence-electron chi connectivity index (χ4n) is 1.40. The van der Waals surface area contributed by atoms with E-state index in [2.05, 4.69) is 5.16 Å². The van der Waals surface area contributed by atoms with Crippen molar-refractivity contribution in [1.29, 1.82) is 0 Å². The van der Waals surface area contributed by atoms with Crippen molar-refractivity contribution in [1.82, 2.24) is 5.16 Å². The molecule has 1 aromatic heterocycles. The van der Waals surface area contributed by atoms with Gasteiger partial charge in [-0.2, -0.15) is 0 Å². The van der Waals surface area contributed by atoms with Crippen molar-refractivity contribution in [2.24, 2.45) is 0 Å². The Kier molecular flexibility index (Phi) is 2.40. The van der Waals surface area contributed by atoms with Crippen LogP contribution in [0.1, 0.15) is 11.1 Å². The van der Waals surface area contributed by atoms with E-state index >= 15 is 0 Å². The number of nitrogens with two attached hydrogens (primary N) is 1. The molecule has 15 heavy (non-hydrogen) atoms. The molecule has 0 fully saturated rings. The molecule has 0 atom stereocenters. The van der Waals surface area contributed by atoms with Crippen LogP contribution in [-0.4, -0.2) is 5.16 Å². The highest BCUT2D eigenvalue weighted by atomic mass is 35.5. The van der Waals surface area contributed by atoms with Crippen LogP contribution in [0.5, 0.6) is 0 Å². The number of nitrogens with zero attached hydrogens (tertiary/aromatic N) is 1. The minimum atomic E-state index is 0.428. The number of aromatic nitrogens is 1. The van der Waals surface area contributed by atoms with Gasteiger partial charge in [-0.3, -0.25) is 0 Å². The summed E-state index contributed by atoms with van der Waals surface area (Å²) in [5.74, 6) is 1.13. The lowest BCUT2D eigenvalue weighted by Crippen LogP contribution is -1.86. The lowest BCUT2D eigenvalue weighted by molar-refractivity contribution is 0.435. The average molecular weight is 223 g/mol. The predicted molar refractivity (Wildman–Crippen MR) is 60.8 cm³/mol. The van der Waals surface area contributed by atoms with Crippen molar-refractivity contribution in [2.45, 2.75) is 13.8 Å². The van der Waals surface area contributed by atoms with Crippen molar-refractivity contribution < 1.29 is 4.52 Å². The highest BCUT2D eigenvalue weighted by Crippen LogP contribution is 2.29. The van der Waals surface area contributed by atoms with E-state index in [1.807, 2.05) is 32.0 Å². The van der Waals surface area contributed by atoms with Crippen LogP contribution in [0.3, 0.4) is 0 Å². The Hall–Kier alpha value is -1.48. The monoisotopic (exact) mass is 222 g/mol. The molecule has 0 amide bonds. The van der Waals surface area contributed by atoms with Gasteiger partial charge < -0.3 is 10.3 Å². The zero-order chi connectivity index (χ0) is 11.0. The number of halogens is 1. The van der Waals surface area contributed by atoms with Crippen LogP contribution in [-0.2, 0) is 0 Å². The maximum absolute atomic E-state index is 5.94. The van der Waals surface area contributed by atoms with E-state index in [9.17, 15) is 0 Å². The molecule has 0 radical (unpaired) electrons. The molecule has 2 rings (SSSR count). The third-order valence-corrected chi connectivity index (χ3v) is 2.80. The summed E-state index contributed by atoms with van der Waals surface area (Å²) in [6, 6.07) is 5.68. The maximum Gasteiger partial charge on any atom is 0.171 e. The van der Waals surface area contributed by atoms with Crippen LogP contribution in [0, 0.1) is 13.8 Å². The smallest absolute Gasteiger partial charge is 0.171 e. The molecule has 0 bridgehead atoms. The van der Waals surface area contributed by atoms with Gasteiger partial charge in [0.25, 0.3) is 0 Å². The van der Waals surface area contributed by atoms with Crippen LogP contribution in [0.15, 0.2) is 22.7 Å². The van der Waals surface area contributed by atoms with Crippen LogP contribution < -0.4 is 5.73 Å². The second kappa shape index (κ2) is 3.59. The highest BCUT2D eigenvalue weighted by Gasteiger charge is 2.11. The summed E-state index contributed by atoms with van der Waals surface area (Å²) in [5.41, 5.74) is 8.42. The first kappa shape index (κ1) is 10.1. The lowest BCUT2D eigenvalue weighted by atomic mass is 10.1. The Labute approximate surface area is 92.8 Å². The van der Waals surface area contributed by atoms with Gasteiger partial charge in [-0.25, -0.2) is 0 Å². The van der Waals surface area contributed by atoms with Gasteiger partial charge in [-0.05, 0) is 37.6 Å². The first-order chi connectivity index (χ1) is 7.09. The fourth-order valence-corrected chi connectivity index (χ4v) is 1.52. The second-order valence-corrected chi connectivity index (χ2v) is 3.89. The molecular weight excluding hydrogens is 212 g/mol. The zero-order valence-corrected chi connectivity index (χ0v) is 9.30. The molecule has 0 saturated carbocycles. The topological polar surface area (TPSA) is 52.0 Å². The Bertz CT molecular complexity index is 505. The Balaban J connectivity index is 2.55. The van der Waals surface area contributed by atoms with Gasteiger partial charge in [0, 0.05) is 16.1 Å². The predicted octanol–water partition coefficient (Wildman–Crippen LogP) is 3.19. The molecule has 0 spiro atoms. The fraction of sp³-hybridized carbons (Fsp3) is 0.182. The highest BCUT2D eigenvalue weighted by molar-refractivity contribution is 6.31. The van der Waals surface area contributed by atoms with Crippen LogP contribution >= 0.6 is 11.6 Å². The van der Waals surface area contributed by atoms with Crippen molar-refractivity contribution in [2.75, 3.05) is 5.73 Å². The zero-order valence-electron chi connectivity index (χ0n) is 8.54. The van der Waals surface area contributed by atoms with E-state index in [0.29, 0.717) is 11.6 Å². The SMILES string of the molecule is Cc1cc(-c2onc(N)c2C)ccc1Cl. The van der Waals surface area contributed by atoms with Gasteiger partial charge >= 0.3 is 0 Å². The molecule has 1 heterocycles. The summed E-state index contributed by atoms with van der Waals surface area (Å²) in [5, 5.41) is 4.45. The number of benzene rings is 1. The van der Waals surface area contributed by atoms with E-state index in [1.165, 1.54) is 0 Å². The van der Waals surface area contributed by atoms with Gasteiger partial charge in [-0.1, -0.05) is 16.8 Å². The van der Waals surface area contributed by atoms with E-state index in [4.69, 9.17) is 21.9 Å². The minimum absolute atomic E-state index is 0.428. The molecule has 2 N–H and O–H groups in total. The van der Waals surface area contributed by atoms with Gasteiger partial charge in [0.15, 0.2) is 11.6 Å². The van der Waals surface area contributed by atoms with Gasteiger partial charge in [-0.15, -0.1) is 0 Å². The first-order valence-corrected chi connectivity index (χ1v) is 4.95. The van der Waals surface area contributed by atoms with Crippen LogP contribution in [0.4, 0.5) is 5.82 Å². The van der Waals surface area contributed by atoms with E-state index < -0.39 is 0 Å². The summed E-state index contributed by atoms with van der Waals surface area (Å²) in [6.45, 7) is 3.83. The number of rotatable bonds is 1. The third-order valence-electron chi connectivity index (χ3n) is 2.38. The summed E-state index contributed by atoms with van der Waals surface area (Å²) in [7, 11) is 0. The molecule has 4 heteroatoms. The Morgan fingerprint density at radius 1 is 1.33 bits per heavy atom. The van der Waals surface area contributed by atoms with Crippen molar-refractivity contribution in [3.05, 3.63) is 34.3 Å². The van der Waals surface area contributed by atoms with Crippen molar-refractivity contribution >= 4 is 17.4 Å².